The van der Waals surface area contributed by atoms with E-state index in [0.29, 0.717) is 6.54 Å². The molecule has 0 unspecified atom stereocenters. The molecule has 104 valence electrons. The van der Waals surface area contributed by atoms with Crippen LogP contribution in [0.2, 0.25) is 0 Å². The zero-order chi connectivity index (χ0) is 14.2. The molecule has 0 saturated heterocycles. The molecule has 19 heavy (non-hydrogen) atoms. The number of aromatic nitrogens is 1. The summed E-state index contributed by atoms with van der Waals surface area (Å²) in [5, 5.41) is 1.08. The third-order valence-corrected chi connectivity index (χ3v) is 3.73. The van der Waals surface area contributed by atoms with Gasteiger partial charge in [0.15, 0.2) is 0 Å². The standard InChI is InChI=1S/C15H22N2O2/c1-15(2,9-16)10-8-17(3)14-12(19-5)7-6-11(18-4)13(10)14/h6-8H,9,16H2,1-5H3. The number of benzene rings is 1. The number of ether oxygens (including phenoxy) is 2. The van der Waals surface area contributed by atoms with Crippen LogP contribution >= 0.6 is 0 Å². The first-order valence-corrected chi connectivity index (χ1v) is 6.36. The number of hydrogen-bond acceptors (Lipinski definition) is 3. The average Bonchev–Trinajstić information content (AvgIpc) is 2.77. The topological polar surface area (TPSA) is 49.4 Å². The van der Waals surface area contributed by atoms with Crippen LogP contribution in [0.1, 0.15) is 19.4 Å². The van der Waals surface area contributed by atoms with Gasteiger partial charge in [0, 0.05) is 30.6 Å². The minimum absolute atomic E-state index is 0.112. The molecule has 0 aliphatic rings. The smallest absolute Gasteiger partial charge is 0.143 e. The van der Waals surface area contributed by atoms with Crippen molar-refractivity contribution in [1.82, 2.24) is 4.57 Å². The summed E-state index contributed by atoms with van der Waals surface area (Å²) in [5.41, 5.74) is 8.03. The molecule has 2 aromatic rings. The van der Waals surface area contributed by atoms with Crippen LogP contribution in [0.5, 0.6) is 11.5 Å². The highest BCUT2D eigenvalue weighted by atomic mass is 16.5. The molecule has 0 spiro atoms. The fraction of sp³-hybridized carbons (Fsp3) is 0.467. The van der Waals surface area contributed by atoms with Gasteiger partial charge in [-0.25, -0.2) is 0 Å². The van der Waals surface area contributed by atoms with E-state index in [0.717, 1.165) is 22.4 Å². The lowest BCUT2D eigenvalue weighted by atomic mass is 9.84. The number of nitrogens with two attached hydrogens (primary N) is 1. The van der Waals surface area contributed by atoms with Crippen molar-refractivity contribution in [2.24, 2.45) is 12.8 Å². The van der Waals surface area contributed by atoms with Gasteiger partial charge in [-0.15, -0.1) is 0 Å². The molecule has 4 nitrogen and oxygen atoms in total. The molecule has 0 amide bonds. The SMILES string of the molecule is COc1ccc(OC)c2c1c(C(C)(C)CN)cn2C. The second-order valence-corrected chi connectivity index (χ2v) is 5.44. The maximum absolute atomic E-state index is 5.92. The fourth-order valence-corrected chi connectivity index (χ4v) is 2.44. The number of fused-ring (bicyclic) bond motifs is 1. The van der Waals surface area contributed by atoms with Gasteiger partial charge in [0.1, 0.15) is 11.5 Å². The van der Waals surface area contributed by atoms with Crippen molar-refractivity contribution >= 4 is 10.9 Å². The van der Waals surface area contributed by atoms with E-state index in [9.17, 15) is 0 Å². The largest absolute Gasteiger partial charge is 0.496 e. The molecule has 2 rings (SSSR count). The van der Waals surface area contributed by atoms with Gasteiger partial charge >= 0.3 is 0 Å². The molecular weight excluding hydrogens is 240 g/mol. The Labute approximate surface area is 114 Å². The minimum atomic E-state index is -0.112. The lowest BCUT2D eigenvalue weighted by Crippen LogP contribution is -2.27. The summed E-state index contributed by atoms with van der Waals surface area (Å²) in [6.07, 6.45) is 2.11. The minimum Gasteiger partial charge on any atom is -0.496 e. The molecule has 0 saturated carbocycles. The average molecular weight is 262 g/mol. The van der Waals surface area contributed by atoms with Gasteiger partial charge in [0.2, 0.25) is 0 Å². The summed E-state index contributed by atoms with van der Waals surface area (Å²) < 4.78 is 13.0. The van der Waals surface area contributed by atoms with E-state index in [4.69, 9.17) is 15.2 Å². The predicted octanol–water partition coefficient (Wildman–Crippen LogP) is 2.43. The Kier molecular flexibility index (Phi) is 3.45. The molecule has 0 bridgehead atoms. The molecule has 0 radical (unpaired) electrons. The van der Waals surface area contributed by atoms with Crippen LogP contribution in [0.3, 0.4) is 0 Å². The van der Waals surface area contributed by atoms with Gasteiger partial charge < -0.3 is 19.8 Å². The number of rotatable bonds is 4. The Morgan fingerprint density at radius 2 is 1.74 bits per heavy atom. The zero-order valence-corrected chi connectivity index (χ0v) is 12.3. The fourth-order valence-electron chi connectivity index (χ4n) is 2.44. The van der Waals surface area contributed by atoms with E-state index < -0.39 is 0 Å². The number of nitrogens with zero attached hydrogens (tertiary/aromatic N) is 1. The Hall–Kier alpha value is -1.68. The molecule has 0 atom stereocenters. The first kappa shape index (κ1) is 13.7. The molecule has 1 aromatic carbocycles. The molecule has 1 aromatic heterocycles. The van der Waals surface area contributed by atoms with Gasteiger partial charge in [0.05, 0.1) is 19.7 Å². The van der Waals surface area contributed by atoms with Gasteiger partial charge in [-0.3, -0.25) is 0 Å². The second-order valence-electron chi connectivity index (χ2n) is 5.44. The number of aryl methyl sites for hydroxylation is 1. The Bertz CT molecular complexity index is 600. The van der Waals surface area contributed by atoms with Crippen LogP contribution in [-0.4, -0.2) is 25.3 Å². The Morgan fingerprint density at radius 3 is 2.26 bits per heavy atom. The van der Waals surface area contributed by atoms with Crippen molar-refractivity contribution in [2.45, 2.75) is 19.3 Å². The van der Waals surface area contributed by atoms with Crippen molar-refractivity contribution < 1.29 is 9.47 Å². The van der Waals surface area contributed by atoms with E-state index in [1.165, 1.54) is 5.56 Å². The van der Waals surface area contributed by atoms with Gasteiger partial charge in [-0.1, -0.05) is 13.8 Å². The summed E-state index contributed by atoms with van der Waals surface area (Å²) in [7, 11) is 5.38. The number of methoxy groups -OCH3 is 2. The summed E-state index contributed by atoms with van der Waals surface area (Å²) in [4.78, 5) is 0. The van der Waals surface area contributed by atoms with E-state index in [-0.39, 0.29) is 5.41 Å². The van der Waals surface area contributed by atoms with Crippen molar-refractivity contribution in [3.05, 3.63) is 23.9 Å². The van der Waals surface area contributed by atoms with E-state index in [1.807, 2.05) is 19.2 Å². The molecule has 1 heterocycles. The van der Waals surface area contributed by atoms with Gasteiger partial charge in [-0.05, 0) is 17.7 Å². The normalized spacial score (nSPS) is 11.9. The first-order chi connectivity index (χ1) is 8.96. The summed E-state index contributed by atoms with van der Waals surface area (Å²) in [6, 6.07) is 3.87. The third-order valence-electron chi connectivity index (χ3n) is 3.73. The first-order valence-electron chi connectivity index (χ1n) is 6.36. The molecule has 0 aliphatic carbocycles. The van der Waals surface area contributed by atoms with Crippen LogP contribution < -0.4 is 15.2 Å². The maximum atomic E-state index is 5.92. The van der Waals surface area contributed by atoms with E-state index in [1.54, 1.807) is 14.2 Å². The maximum Gasteiger partial charge on any atom is 0.143 e. The second kappa shape index (κ2) is 4.78. The van der Waals surface area contributed by atoms with Crippen molar-refractivity contribution in [3.8, 4) is 11.5 Å². The molecule has 0 aliphatic heterocycles. The van der Waals surface area contributed by atoms with Crippen LogP contribution in [-0.2, 0) is 12.5 Å². The molecule has 0 fully saturated rings. The van der Waals surface area contributed by atoms with Crippen LogP contribution in [0.15, 0.2) is 18.3 Å². The summed E-state index contributed by atoms with van der Waals surface area (Å²) in [6.45, 7) is 4.86. The van der Waals surface area contributed by atoms with Crippen LogP contribution in [0.25, 0.3) is 10.9 Å². The van der Waals surface area contributed by atoms with Crippen molar-refractivity contribution in [2.75, 3.05) is 20.8 Å². The monoisotopic (exact) mass is 262 g/mol. The highest BCUT2D eigenvalue weighted by molar-refractivity contribution is 5.95. The number of hydrogen-bond donors (Lipinski definition) is 1. The Morgan fingerprint density at radius 1 is 1.16 bits per heavy atom. The Balaban J connectivity index is 2.88. The van der Waals surface area contributed by atoms with E-state index in [2.05, 4.69) is 24.6 Å². The van der Waals surface area contributed by atoms with Crippen LogP contribution in [0, 0.1) is 0 Å². The quantitative estimate of drug-likeness (QED) is 0.920. The van der Waals surface area contributed by atoms with E-state index >= 15 is 0 Å². The highest BCUT2D eigenvalue weighted by Gasteiger charge is 2.26. The van der Waals surface area contributed by atoms with Crippen LogP contribution in [0.4, 0.5) is 0 Å². The lowest BCUT2D eigenvalue weighted by molar-refractivity contribution is 0.409. The zero-order valence-electron chi connectivity index (χ0n) is 12.3. The lowest BCUT2D eigenvalue weighted by Gasteiger charge is -2.22. The summed E-state index contributed by atoms with van der Waals surface area (Å²) in [5.74, 6) is 1.70. The third kappa shape index (κ3) is 2.06. The summed E-state index contributed by atoms with van der Waals surface area (Å²) >= 11 is 0. The highest BCUT2D eigenvalue weighted by Crippen LogP contribution is 2.40. The molecule has 2 N–H and O–H groups in total. The molecular formula is C15H22N2O2. The predicted molar refractivity (Wildman–Crippen MR) is 78.1 cm³/mol. The van der Waals surface area contributed by atoms with Gasteiger partial charge in [0.25, 0.3) is 0 Å². The van der Waals surface area contributed by atoms with Crippen molar-refractivity contribution in [1.29, 1.82) is 0 Å². The molecule has 4 heteroatoms. The van der Waals surface area contributed by atoms with Gasteiger partial charge in [-0.2, -0.15) is 0 Å². The van der Waals surface area contributed by atoms with Crippen molar-refractivity contribution in [3.63, 3.8) is 0 Å².